The third-order valence-corrected chi connectivity index (χ3v) is 2.45. The number of carbonyl (C=O) groups is 1. The number of carboxylic acid groups (broad SMARTS) is 1. The molecule has 4 nitrogen and oxygen atoms in total. The highest BCUT2D eigenvalue weighted by Gasteiger charge is 2.17. The molecule has 0 saturated carbocycles. The summed E-state index contributed by atoms with van der Waals surface area (Å²) in [7, 11) is 1.43. The Hall–Kier alpha value is -1.71. The van der Waals surface area contributed by atoms with Crippen molar-refractivity contribution in [3.05, 3.63) is 23.3 Å². The first-order valence-corrected chi connectivity index (χ1v) is 5.24. The lowest BCUT2D eigenvalue weighted by Gasteiger charge is -2.12. The molecule has 0 spiro atoms. The van der Waals surface area contributed by atoms with Gasteiger partial charge in [-0.15, -0.1) is 0 Å². The Bertz CT molecular complexity index is 385. The zero-order valence-electron chi connectivity index (χ0n) is 9.49. The van der Waals surface area contributed by atoms with Gasteiger partial charge >= 0.3 is 5.97 Å². The second kappa shape index (κ2) is 5.39. The van der Waals surface area contributed by atoms with E-state index < -0.39 is 5.97 Å². The maximum Gasteiger partial charge on any atom is 0.336 e. The van der Waals surface area contributed by atoms with Crippen LogP contribution in [0.3, 0.4) is 0 Å². The molecule has 0 bridgehead atoms. The van der Waals surface area contributed by atoms with Crippen LogP contribution in [-0.4, -0.2) is 23.3 Å². The van der Waals surface area contributed by atoms with Crippen molar-refractivity contribution in [2.75, 3.05) is 7.11 Å². The lowest BCUT2D eigenvalue weighted by molar-refractivity contribution is 0.0695. The van der Waals surface area contributed by atoms with Crippen LogP contribution in [0.15, 0.2) is 12.1 Å². The summed E-state index contributed by atoms with van der Waals surface area (Å²) in [4.78, 5) is 11.0. The number of hydrogen-bond acceptors (Lipinski definition) is 3. The second-order valence-corrected chi connectivity index (χ2v) is 3.55. The Kier molecular flexibility index (Phi) is 4.17. The smallest absolute Gasteiger partial charge is 0.336 e. The monoisotopic (exact) mass is 224 g/mol. The molecule has 16 heavy (non-hydrogen) atoms. The number of ether oxygens (including phenoxy) is 1. The van der Waals surface area contributed by atoms with Gasteiger partial charge in [-0.25, -0.2) is 4.79 Å². The summed E-state index contributed by atoms with van der Waals surface area (Å²) in [6.07, 6.45) is 2.41. The lowest BCUT2D eigenvalue weighted by Crippen LogP contribution is -2.05. The third kappa shape index (κ3) is 2.45. The number of aromatic carboxylic acids is 1. The fourth-order valence-electron chi connectivity index (χ4n) is 1.65. The van der Waals surface area contributed by atoms with E-state index in [1.54, 1.807) is 0 Å². The topological polar surface area (TPSA) is 66.8 Å². The zero-order valence-corrected chi connectivity index (χ0v) is 9.49. The van der Waals surface area contributed by atoms with Crippen molar-refractivity contribution in [2.24, 2.45) is 0 Å². The quantitative estimate of drug-likeness (QED) is 0.806. The van der Waals surface area contributed by atoms with Crippen molar-refractivity contribution in [2.45, 2.75) is 26.2 Å². The predicted octanol–water partition coefficient (Wildman–Crippen LogP) is 2.44. The van der Waals surface area contributed by atoms with Crippen molar-refractivity contribution in [1.82, 2.24) is 0 Å². The standard InChI is InChI=1S/C12H16O4/c1-3-4-5-8-9(12(14)15)6-7-10(13)11(8)16-2/h6-7,13H,3-5H2,1-2H3,(H,14,15). The first kappa shape index (κ1) is 12.4. The molecule has 0 fully saturated rings. The molecular weight excluding hydrogens is 208 g/mol. The van der Waals surface area contributed by atoms with E-state index in [1.165, 1.54) is 19.2 Å². The van der Waals surface area contributed by atoms with Crippen LogP contribution in [0.2, 0.25) is 0 Å². The summed E-state index contributed by atoms with van der Waals surface area (Å²) in [6.45, 7) is 2.02. The fraction of sp³-hybridized carbons (Fsp3) is 0.417. The largest absolute Gasteiger partial charge is 0.504 e. The molecule has 1 aromatic rings. The van der Waals surface area contributed by atoms with Crippen LogP contribution in [0, 0.1) is 0 Å². The number of hydrogen-bond donors (Lipinski definition) is 2. The van der Waals surface area contributed by atoms with E-state index in [4.69, 9.17) is 9.84 Å². The first-order valence-electron chi connectivity index (χ1n) is 5.24. The molecule has 1 rings (SSSR count). The minimum absolute atomic E-state index is 0.0152. The number of unbranched alkanes of at least 4 members (excludes halogenated alkanes) is 1. The molecule has 0 aliphatic heterocycles. The summed E-state index contributed by atoms with van der Waals surface area (Å²) >= 11 is 0. The number of methoxy groups -OCH3 is 1. The van der Waals surface area contributed by atoms with Gasteiger partial charge in [0.15, 0.2) is 11.5 Å². The Morgan fingerprint density at radius 2 is 2.12 bits per heavy atom. The molecule has 0 heterocycles. The lowest BCUT2D eigenvalue weighted by atomic mass is 10.0. The summed E-state index contributed by atoms with van der Waals surface area (Å²) in [5.74, 6) is -0.739. The summed E-state index contributed by atoms with van der Waals surface area (Å²) < 4.78 is 5.05. The highest BCUT2D eigenvalue weighted by atomic mass is 16.5. The minimum atomic E-state index is -0.996. The third-order valence-electron chi connectivity index (χ3n) is 2.45. The Labute approximate surface area is 94.5 Å². The van der Waals surface area contributed by atoms with Crippen LogP contribution < -0.4 is 4.74 Å². The predicted molar refractivity (Wildman–Crippen MR) is 60.2 cm³/mol. The van der Waals surface area contributed by atoms with E-state index in [2.05, 4.69) is 0 Å². The van der Waals surface area contributed by atoms with Gasteiger partial charge in [0.1, 0.15) is 0 Å². The van der Waals surface area contributed by atoms with E-state index in [9.17, 15) is 9.90 Å². The Morgan fingerprint density at radius 3 is 2.62 bits per heavy atom. The number of phenolic OH excluding ortho intramolecular Hbond substituents is 1. The Balaban J connectivity index is 3.23. The molecule has 4 heteroatoms. The van der Waals surface area contributed by atoms with Gasteiger partial charge in [-0.05, 0) is 25.0 Å². The van der Waals surface area contributed by atoms with Crippen LogP contribution >= 0.6 is 0 Å². The van der Waals surface area contributed by atoms with Gasteiger partial charge < -0.3 is 14.9 Å². The van der Waals surface area contributed by atoms with Gasteiger partial charge in [0.25, 0.3) is 0 Å². The first-order chi connectivity index (χ1) is 7.61. The molecule has 0 saturated heterocycles. The van der Waals surface area contributed by atoms with Crippen LogP contribution in [0.25, 0.3) is 0 Å². The highest BCUT2D eigenvalue weighted by Crippen LogP contribution is 2.33. The maximum atomic E-state index is 11.0. The zero-order chi connectivity index (χ0) is 12.1. The average Bonchev–Trinajstić information content (AvgIpc) is 2.25. The van der Waals surface area contributed by atoms with Gasteiger partial charge in [0, 0.05) is 5.56 Å². The van der Waals surface area contributed by atoms with Crippen LogP contribution in [0.5, 0.6) is 11.5 Å². The molecule has 1 aromatic carbocycles. The number of benzene rings is 1. The fourth-order valence-corrected chi connectivity index (χ4v) is 1.65. The Morgan fingerprint density at radius 1 is 1.44 bits per heavy atom. The van der Waals surface area contributed by atoms with Crippen molar-refractivity contribution >= 4 is 5.97 Å². The van der Waals surface area contributed by atoms with Crippen LogP contribution in [-0.2, 0) is 6.42 Å². The SMILES string of the molecule is CCCCc1c(C(=O)O)ccc(O)c1OC. The molecule has 0 unspecified atom stereocenters. The van der Waals surface area contributed by atoms with E-state index >= 15 is 0 Å². The van der Waals surface area contributed by atoms with Gasteiger partial charge in [0.05, 0.1) is 12.7 Å². The molecule has 2 N–H and O–H groups in total. The molecule has 0 aliphatic rings. The van der Waals surface area contributed by atoms with E-state index in [1.807, 2.05) is 6.92 Å². The summed E-state index contributed by atoms with van der Waals surface area (Å²) in [5.41, 5.74) is 0.764. The molecule has 0 radical (unpaired) electrons. The molecule has 0 aliphatic carbocycles. The van der Waals surface area contributed by atoms with Crippen molar-refractivity contribution < 1.29 is 19.7 Å². The minimum Gasteiger partial charge on any atom is -0.504 e. The number of rotatable bonds is 5. The maximum absolute atomic E-state index is 11.0. The van der Waals surface area contributed by atoms with Gasteiger partial charge in [0.2, 0.25) is 0 Å². The van der Waals surface area contributed by atoms with Crippen LogP contribution in [0.1, 0.15) is 35.7 Å². The van der Waals surface area contributed by atoms with Crippen molar-refractivity contribution in [3.63, 3.8) is 0 Å². The summed E-state index contributed by atoms with van der Waals surface area (Å²) in [5, 5.41) is 18.6. The molecule has 0 atom stereocenters. The van der Waals surface area contributed by atoms with E-state index in [0.717, 1.165) is 12.8 Å². The molecule has 88 valence electrons. The van der Waals surface area contributed by atoms with Crippen molar-refractivity contribution in [3.8, 4) is 11.5 Å². The molecular formula is C12H16O4. The van der Waals surface area contributed by atoms with Gasteiger partial charge in [-0.1, -0.05) is 13.3 Å². The summed E-state index contributed by atoms with van der Waals surface area (Å²) in [6, 6.07) is 2.75. The number of aromatic hydroxyl groups is 1. The van der Waals surface area contributed by atoms with Crippen LogP contribution in [0.4, 0.5) is 0 Å². The second-order valence-electron chi connectivity index (χ2n) is 3.55. The highest BCUT2D eigenvalue weighted by molar-refractivity contribution is 5.90. The van der Waals surface area contributed by atoms with Gasteiger partial charge in [-0.3, -0.25) is 0 Å². The van der Waals surface area contributed by atoms with Crippen molar-refractivity contribution in [1.29, 1.82) is 0 Å². The number of carboxylic acids is 1. The van der Waals surface area contributed by atoms with E-state index in [-0.39, 0.29) is 17.1 Å². The van der Waals surface area contributed by atoms with Gasteiger partial charge in [-0.2, -0.15) is 0 Å². The normalized spacial score (nSPS) is 10.1. The van der Waals surface area contributed by atoms with E-state index in [0.29, 0.717) is 12.0 Å². The average molecular weight is 224 g/mol. The number of phenols is 1. The molecule has 0 aromatic heterocycles. The molecule has 0 amide bonds.